The molecule has 6 nitrogen and oxygen atoms in total. The van der Waals surface area contributed by atoms with Gasteiger partial charge in [-0.15, -0.1) is 0 Å². The van der Waals surface area contributed by atoms with Gasteiger partial charge in [-0.25, -0.2) is 9.97 Å². The molecular weight excluding hydrogens is 242 g/mol. The van der Waals surface area contributed by atoms with Gasteiger partial charge in [0.1, 0.15) is 12.1 Å². The average Bonchev–Trinajstić information content (AvgIpc) is 2.34. The van der Waals surface area contributed by atoms with Gasteiger partial charge >= 0.3 is 0 Å². The normalized spacial score (nSPS) is 15.8. The highest BCUT2D eigenvalue weighted by Gasteiger charge is 2.28. The molecule has 0 aliphatic carbocycles. The number of carbonyl (C=O) groups is 1. The number of rotatable bonds is 5. The van der Waals surface area contributed by atoms with Crippen LogP contribution in [0.2, 0.25) is 0 Å². The molecule has 19 heavy (non-hydrogen) atoms. The molecule has 0 unspecified atom stereocenters. The van der Waals surface area contributed by atoms with Crippen molar-refractivity contribution in [2.24, 2.45) is 0 Å². The van der Waals surface area contributed by atoms with E-state index < -0.39 is 0 Å². The van der Waals surface area contributed by atoms with Gasteiger partial charge in [0, 0.05) is 31.9 Å². The van der Waals surface area contributed by atoms with E-state index in [1.165, 1.54) is 6.33 Å². The number of hydrogen-bond acceptors (Lipinski definition) is 5. The third kappa shape index (κ3) is 4.03. The Morgan fingerprint density at radius 1 is 1.58 bits per heavy atom. The molecular formula is C13H19N5O. The molecule has 1 aromatic rings. The molecule has 2 heterocycles. The zero-order valence-corrected chi connectivity index (χ0v) is 11.3. The van der Waals surface area contributed by atoms with E-state index in [0.29, 0.717) is 0 Å². The Morgan fingerprint density at radius 2 is 2.37 bits per heavy atom. The van der Waals surface area contributed by atoms with Crippen molar-refractivity contribution in [2.45, 2.75) is 6.04 Å². The minimum atomic E-state index is -0.0332. The van der Waals surface area contributed by atoms with Crippen molar-refractivity contribution in [1.29, 1.82) is 0 Å². The molecule has 1 amide bonds. The summed E-state index contributed by atoms with van der Waals surface area (Å²) in [6.07, 6.45) is 6.70. The van der Waals surface area contributed by atoms with Crippen LogP contribution in [0.15, 0.2) is 30.7 Å². The minimum Gasteiger partial charge on any atom is -0.352 e. The van der Waals surface area contributed by atoms with Gasteiger partial charge in [-0.3, -0.25) is 4.79 Å². The average molecular weight is 261 g/mol. The van der Waals surface area contributed by atoms with Gasteiger partial charge < -0.3 is 15.1 Å². The summed E-state index contributed by atoms with van der Waals surface area (Å²) in [5.74, 6) is 0.873. The van der Waals surface area contributed by atoms with Crippen LogP contribution in [0.25, 0.3) is 0 Å². The van der Waals surface area contributed by atoms with Gasteiger partial charge in [0.15, 0.2) is 0 Å². The molecule has 0 spiro atoms. The van der Waals surface area contributed by atoms with Gasteiger partial charge in [-0.2, -0.15) is 0 Å². The van der Waals surface area contributed by atoms with E-state index in [0.717, 1.165) is 25.5 Å². The Kier molecular flexibility index (Phi) is 4.46. The Hall–Kier alpha value is -1.95. The molecule has 1 aliphatic rings. The van der Waals surface area contributed by atoms with Crippen molar-refractivity contribution in [1.82, 2.24) is 20.2 Å². The standard InChI is InChI=1S/C13H19N5O/c1-17(2)7-3-4-13(19)16-11-8-18(9-11)12-5-6-14-10-15-12/h3-6,10-11H,7-9H2,1-2H3,(H,16,19)/b4-3+. The molecule has 1 fully saturated rings. The summed E-state index contributed by atoms with van der Waals surface area (Å²) in [6.45, 7) is 2.36. The van der Waals surface area contributed by atoms with Crippen LogP contribution in [-0.4, -0.2) is 60.5 Å². The van der Waals surface area contributed by atoms with Crippen molar-refractivity contribution in [3.05, 3.63) is 30.7 Å². The van der Waals surface area contributed by atoms with E-state index in [-0.39, 0.29) is 11.9 Å². The maximum atomic E-state index is 11.6. The lowest BCUT2D eigenvalue weighted by molar-refractivity contribution is -0.117. The van der Waals surface area contributed by atoms with Crippen molar-refractivity contribution in [3.63, 3.8) is 0 Å². The first-order valence-electron chi connectivity index (χ1n) is 6.28. The summed E-state index contributed by atoms with van der Waals surface area (Å²) in [5, 5.41) is 2.96. The predicted molar refractivity (Wildman–Crippen MR) is 73.9 cm³/mol. The van der Waals surface area contributed by atoms with Crippen LogP contribution in [0.5, 0.6) is 0 Å². The molecule has 1 aromatic heterocycles. The second-order valence-corrected chi connectivity index (χ2v) is 4.84. The number of aromatic nitrogens is 2. The van der Waals surface area contributed by atoms with Crippen molar-refractivity contribution < 1.29 is 4.79 Å². The van der Waals surface area contributed by atoms with Crippen LogP contribution in [0.4, 0.5) is 5.82 Å². The van der Waals surface area contributed by atoms with Crippen LogP contribution in [-0.2, 0) is 4.79 Å². The summed E-state index contributed by atoms with van der Waals surface area (Å²) in [7, 11) is 3.93. The van der Waals surface area contributed by atoms with Crippen molar-refractivity contribution >= 4 is 11.7 Å². The topological polar surface area (TPSA) is 61.4 Å². The third-order valence-electron chi connectivity index (χ3n) is 2.86. The summed E-state index contributed by atoms with van der Waals surface area (Å²) >= 11 is 0. The zero-order valence-electron chi connectivity index (χ0n) is 11.3. The molecule has 2 rings (SSSR count). The molecule has 0 aromatic carbocycles. The maximum Gasteiger partial charge on any atom is 0.244 e. The van der Waals surface area contributed by atoms with Crippen LogP contribution >= 0.6 is 0 Å². The minimum absolute atomic E-state index is 0.0332. The smallest absolute Gasteiger partial charge is 0.244 e. The highest BCUT2D eigenvalue weighted by atomic mass is 16.1. The first-order chi connectivity index (χ1) is 9.15. The number of amides is 1. The third-order valence-corrected chi connectivity index (χ3v) is 2.86. The first-order valence-corrected chi connectivity index (χ1v) is 6.28. The van der Waals surface area contributed by atoms with Gasteiger partial charge in [0.2, 0.25) is 5.91 Å². The second kappa shape index (κ2) is 6.29. The summed E-state index contributed by atoms with van der Waals surface area (Å²) < 4.78 is 0. The Bertz CT molecular complexity index is 440. The Balaban J connectivity index is 1.70. The number of carbonyl (C=O) groups excluding carboxylic acids is 1. The molecule has 1 saturated heterocycles. The van der Waals surface area contributed by atoms with E-state index in [1.54, 1.807) is 12.3 Å². The molecule has 0 radical (unpaired) electrons. The number of hydrogen-bond donors (Lipinski definition) is 1. The fraction of sp³-hybridized carbons (Fsp3) is 0.462. The molecule has 6 heteroatoms. The van der Waals surface area contributed by atoms with Crippen LogP contribution in [0.3, 0.4) is 0 Å². The largest absolute Gasteiger partial charge is 0.352 e. The Morgan fingerprint density at radius 3 is 3.00 bits per heavy atom. The summed E-state index contributed by atoms with van der Waals surface area (Å²) in [5.41, 5.74) is 0. The number of anilines is 1. The molecule has 0 atom stereocenters. The maximum absolute atomic E-state index is 11.6. The summed E-state index contributed by atoms with van der Waals surface area (Å²) in [6, 6.07) is 2.07. The molecule has 0 saturated carbocycles. The number of nitrogens with zero attached hydrogens (tertiary/aromatic N) is 4. The zero-order chi connectivity index (χ0) is 13.7. The van der Waals surface area contributed by atoms with Gasteiger partial charge in [0.25, 0.3) is 0 Å². The lowest BCUT2D eigenvalue weighted by Gasteiger charge is -2.40. The van der Waals surface area contributed by atoms with E-state index in [2.05, 4.69) is 20.2 Å². The fourth-order valence-electron chi connectivity index (χ4n) is 1.85. The first kappa shape index (κ1) is 13.5. The van der Waals surface area contributed by atoms with Crippen LogP contribution in [0.1, 0.15) is 0 Å². The Labute approximate surface area is 113 Å². The van der Waals surface area contributed by atoms with E-state index in [1.807, 2.05) is 31.1 Å². The van der Waals surface area contributed by atoms with Gasteiger partial charge in [-0.1, -0.05) is 6.08 Å². The van der Waals surface area contributed by atoms with E-state index in [9.17, 15) is 4.79 Å². The van der Waals surface area contributed by atoms with Crippen molar-refractivity contribution in [2.75, 3.05) is 38.6 Å². The molecule has 102 valence electrons. The quantitative estimate of drug-likeness (QED) is 0.750. The lowest BCUT2D eigenvalue weighted by atomic mass is 10.1. The lowest BCUT2D eigenvalue weighted by Crippen LogP contribution is -2.59. The molecule has 1 N–H and O–H groups in total. The number of likely N-dealkylation sites (N-methyl/N-ethyl adjacent to an activating group) is 1. The molecule has 1 aliphatic heterocycles. The van der Waals surface area contributed by atoms with Crippen LogP contribution < -0.4 is 10.2 Å². The van der Waals surface area contributed by atoms with E-state index in [4.69, 9.17) is 0 Å². The SMILES string of the molecule is CN(C)C/C=C/C(=O)NC1CN(c2ccncn2)C1. The predicted octanol–water partition coefficient (Wildman–Crippen LogP) is -0.101. The van der Waals surface area contributed by atoms with Crippen molar-refractivity contribution in [3.8, 4) is 0 Å². The van der Waals surface area contributed by atoms with Gasteiger partial charge in [0.05, 0.1) is 6.04 Å². The summed E-state index contributed by atoms with van der Waals surface area (Å²) in [4.78, 5) is 23.8. The highest BCUT2D eigenvalue weighted by Crippen LogP contribution is 2.16. The number of nitrogens with one attached hydrogen (secondary N) is 1. The highest BCUT2D eigenvalue weighted by molar-refractivity contribution is 5.88. The van der Waals surface area contributed by atoms with E-state index >= 15 is 0 Å². The molecule has 0 bridgehead atoms. The van der Waals surface area contributed by atoms with Crippen LogP contribution in [0, 0.1) is 0 Å². The monoisotopic (exact) mass is 261 g/mol. The van der Waals surface area contributed by atoms with Gasteiger partial charge in [-0.05, 0) is 20.2 Å². The second-order valence-electron chi connectivity index (χ2n) is 4.84. The fourth-order valence-corrected chi connectivity index (χ4v) is 1.85.